The molecule has 0 aliphatic carbocycles. The molecule has 1 aromatic rings. The van der Waals surface area contributed by atoms with Crippen molar-refractivity contribution in [2.45, 2.75) is 40.0 Å². The number of hydrogen-bond acceptors (Lipinski definition) is 1. The summed E-state index contributed by atoms with van der Waals surface area (Å²) in [5.74, 6) is 0. The van der Waals surface area contributed by atoms with Crippen LogP contribution in [-0.2, 0) is 0 Å². The molecule has 1 rings (SSSR count). The average Bonchev–Trinajstić information content (AvgIpc) is 2.29. The van der Waals surface area contributed by atoms with Crippen molar-refractivity contribution in [2.24, 2.45) is 0 Å². The van der Waals surface area contributed by atoms with Crippen LogP contribution in [0.4, 0.5) is 5.69 Å². The van der Waals surface area contributed by atoms with Crippen LogP contribution in [-0.4, -0.2) is 11.7 Å². The molecule has 18 heavy (non-hydrogen) atoms. The fourth-order valence-corrected chi connectivity index (χ4v) is 2.73. The molecule has 0 aliphatic rings. The van der Waals surface area contributed by atoms with Gasteiger partial charge in [0.25, 0.3) is 0 Å². The lowest BCUT2D eigenvalue weighted by molar-refractivity contribution is 0.698. The molecule has 2 nitrogen and oxygen atoms in total. The lowest BCUT2D eigenvalue weighted by Crippen LogP contribution is -2.29. The Morgan fingerprint density at radius 3 is 2.39 bits per heavy atom. The van der Waals surface area contributed by atoms with Gasteiger partial charge < -0.3 is 10.6 Å². The highest BCUT2D eigenvalue weighted by Crippen LogP contribution is 2.24. The largest absolute Gasteiger partial charge is 0.362 e. The number of aryl methyl sites for hydroxylation is 2. The number of anilines is 1. The Kier molecular flexibility index (Phi) is 6.65. The second kappa shape index (κ2) is 7.74. The van der Waals surface area contributed by atoms with Gasteiger partial charge in [-0.15, -0.1) is 0 Å². The van der Waals surface area contributed by atoms with Crippen LogP contribution in [0.25, 0.3) is 0 Å². The maximum absolute atomic E-state index is 5.30. The molecular weight excluding hydrogens is 308 g/mol. The lowest BCUT2D eigenvalue weighted by atomic mass is 10.1. The number of unbranched alkanes of at least 4 members (excludes halogenated alkanes) is 2. The number of thiocarbonyl (C=S) groups is 1. The Balaban J connectivity index is 2.54. The molecular formula is C14H21BrN2S. The van der Waals surface area contributed by atoms with Crippen LogP contribution in [0.1, 0.15) is 37.3 Å². The summed E-state index contributed by atoms with van der Waals surface area (Å²) in [6.45, 7) is 7.30. The number of hydrogen-bond donors (Lipinski definition) is 2. The first-order valence-corrected chi connectivity index (χ1v) is 7.56. The van der Waals surface area contributed by atoms with Gasteiger partial charge in [0.2, 0.25) is 0 Å². The van der Waals surface area contributed by atoms with Gasteiger partial charge in [-0.1, -0.05) is 35.7 Å². The minimum absolute atomic E-state index is 0.708. The van der Waals surface area contributed by atoms with Crippen LogP contribution in [0.2, 0.25) is 0 Å². The summed E-state index contributed by atoms with van der Waals surface area (Å²) in [7, 11) is 0. The van der Waals surface area contributed by atoms with E-state index in [1.54, 1.807) is 0 Å². The molecule has 0 saturated carbocycles. The zero-order chi connectivity index (χ0) is 13.5. The molecule has 4 heteroatoms. The van der Waals surface area contributed by atoms with Gasteiger partial charge in [-0.3, -0.25) is 0 Å². The van der Waals surface area contributed by atoms with Crippen LogP contribution in [0.5, 0.6) is 0 Å². The molecule has 0 amide bonds. The zero-order valence-electron chi connectivity index (χ0n) is 11.3. The van der Waals surface area contributed by atoms with Crippen molar-refractivity contribution in [1.82, 2.24) is 5.32 Å². The van der Waals surface area contributed by atoms with Crippen LogP contribution < -0.4 is 10.6 Å². The van der Waals surface area contributed by atoms with Crippen molar-refractivity contribution in [2.75, 3.05) is 11.9 Å². The number of nitrogens with one attached hydrogen (secondary N) is 2. The van der Waals surface area contributed by atoms with E-state index in [1.165, 1.54) is 24.0 Å². The number of benzene rings is 1. The normalized spacial score (nSPS) is 10.2. The predicted molar refractivity (Wildman–Crippen MR) is 87.4 cm³/mol. The van der Waals surface area contributed by atoms with E-state index in [4.69, 9.17) is 12.2 Å². The Labute approximate surface area is 124 Å². The standard InChI is InChI=1S/C14H21BrN2S/c1-4-5-6-7-16-14(18)17-13-10(2)8-12(15)9-11(13)3/h8-9H,4-7H2,1-3H3,(H2,16,17,18). The first kappa shape index (κ1) is 15.4. The summed E-state index contributed by atoms with van der Waals surface area (Å²) in [6, 6.07) is 4.18. The van der Waals surface area contributed by atoms with Gasteiger partial charge in [0.05, 0.1) is 0 Å². The van der Waals surface area contributed by atoms with Crippen molar-refractivity contribution in [1.29, 1.82) is 0 Å². The first-order chi connectivity index (χ1) is 8.54. The molecule has 0 saturated heterocycles. The predicted octanol–water partition coefficient (Wildman–Crippen LogP) is 4.54. The minimum Gasteiger partial charge on any atom is -0.362 e. The molecule has 0 spiro atoms. The van der Waals surface area contributed by atoms with E-state index in [-0.39, 0.29) is 0 Å². The first-order valence-electron chi connectivity index (χ1n) is 6.36. The van der Waals surface area contributed by atoms with Gasteiger partial charge in [0, 0.05) is 16.7 Å². The highest BCUT2D eigenvalue weighted by Gasteiger charge is 2.05. The average molecular weight is 329 g/mol. The molecule has 0 radical (unpaired) electrons. The van der Waals surface area contributed by atoms with Crippen molar-refractivity contribution < 1.29 is 0 Å². The van der Waals surface area contributed by atoms with Crippen molar-refractivity contribution >= 4 is 38.9 Å². The Morgan fingerprint density at radius 1 is 1.22 bits per heavy atom. The van der Waals surface area contributed by atoms with Crippen molar-refractivity contribution in [3.05, 3.63) is 27.7 Å². The second-order valence-corrected chi connectivity index (χ2v) is 5.83. The van der Waals surface area contributed by atoms with Crippen LogP contribution in [0.15, 0.2) is 16.6 Å². The van der Waals surface area contributed by atoms with Gasteiger partial charge >= 0.3 is 0 Å². The maximum atomic E-state index is 5.30. The summed E-state index contributed by atoms with van der Waals surface area (Å²) in [6.07, 6.45) is 3.63. The van der Waals surface area contributed by atoms with E-state index in [0.29, 0.717) is 5.11 Å². The fraction of sp³-hybridized carbons (Fsp3) is 0.500. The molecule has 0 unspecified atom stereocenters. The van der Waals surface area contributed by atoms with E-state index >= 15 is 0 Å². The smallest absolute Gasteiger partial charge is 0.170 e. The quantitative estimate of drug-likeness (QED) is 0.612. The zero-order valence-corrected chi connectivity index (χ0v) is 13.7. The Bertz CT molecular complexity index is 395. The Hall–Kier alpha value is -0.610. The minimum atomic E-state index is 0.708. The topological polar surface area (TPSA) is 24.1 Å². The highest BCUT2D eigenvalue weighted by molar-refractivity contribution is 9.10. The highest BCUT2D eigenvalue weighted by atomic mass is 79.9. The van der Waals surface area contributed by atoms with Crippen molar-refractivity contribution in [3.63, 3.8) is 0 Å². The summed E-state index contributed by atoms with van der Waals surface area (Å²) in [5.41, 5.74) is 3.49. The van der Waals surface area contributed by atoms with Gasteiger partial charge in [0.15, 0.2) is 5.11 Å². The van der Waals surface area contributed by atoms with Gasteiger partial charge in [0.1, 0.15) is 0 Å². The van der Waals surface area contributed by atoms with E-state index in [0.717, 1.165) is 23.1 Å². The molecule has 0 aliphatic heterocycles. The van der Waals surface area contributed by atoms with Gasteiger partial charge in [-0.05, 0) is 55.7 Å². The Morgan fingerprint density at radius 2 is 1.83 bits per heavy atom. The molecule has 2 N–H and O–H groups in total. The van der Waals surface area contributed by atoms with Crippen LogP contribution in [0.3, 0.4) is 0 Å². The van der Waals surface area contributed by atoms with Gasteiger partial charge in [-0.25, -0.2) is 0 Å². The number of halogens is 1. The molecule has 0 aromatic heterocycles. The monoisotopic (exact) mass is 328 g/mol. The van der Waals surface area contributed by atoms with E-state index in [2.05, 4.69) is 59.5 Å². The number of rotatable bonds is 5. The lowest BCUT2D eigenvalue weighted by Gasteiger charge is -2.15. The molecule has 0 atom stereocenters. The van der Waals surface area contributed by atoms with Crippen LogP contribution >= 0.6 is 28.1 Å². The molecule has 100 valence electrons. The van der Waals surface area contributed by atoms with E-state index in [1.807, 2.05) is 0 Å². The molecule has 0 bridgehead atoms. The third-order valence-corrected chi connectivity index (χ3v) is 3.51. The van der Waals surface area contributed by atoms with E-state index < -0.39 is 0 Å². The molecule has 1 aromatic carbocycles. The second-order valence-electron chi connectivity index (χ2n) is 4.50. The summed E-state index contributed by atoms with van der Waals surface area (Å²) in [4.78, 5) is 0. The third kappa shape index (κ3) is 4.94. The van der Waals surface area contributed by atoms with E-state index in [9.17, 15) is 0 Å². The molecule has 0 fully saturated rings. The summed E-state index contributed by atoms with van der Waals surface area (Å²) in [5, 5.41) is 7.23. The van der Waals surface area contributed by atoms with Gasteiger partial charge in [-0.2, -0.15) is 0 Å². The summed E-state index contributed by atoms with van der Waals surface area (Å²) < 4.78 is 1.10. The van der Waals surface area contributed by atoms with Crippen molar-refractivity contribution in [3.8, 4) is 0 Å². The SMILES string of the molecule is CCCCCNC(=S)Nc1c(C)cc(Br)cc1C. The third-order valence-electron chi connectivity index (χ3n) is 2.80. The van der Waals surface area contributed by atoms with Crippen LogP contribution in [0, 0.1) is 13.8 Å². The molecule has 0 heterocycles. The maximum Gasteiger partial charge on any atom is 0.170 e. The fourth-order valence-electron chi connectivity index (χ4n) is 1.84. The summed E-state index contributed by atoms with van der Waals surface area (Å²) >= 11 is 8.80.